The standard InChI is InChI=1S/C24H20ClN7O4S/c25-19-1-2-21-17(11-19)12-22(29-21)37(35,36)31-9-10-32(20(15-31)3-6-26)24(33)23-27-13-18(14-28-23)16-4-7-30(34)8-5-16/h1-2,4-5,7-8,11-14,20,29H,3,9-10,15H2. The molecule has 0 saturated carbocycles. The summed E-state index contributed by atoms with van der Waals surface area (Å²) in [4.78, 5) is 25.9. The van der Waals surface area contributed by atoms with Crippen molar-refractivity contribution in [1.29, 1.82) is 5.26 Å². The van der Waals surface area contributed by atoms with E-state index >= 15 is 0 Å². The minimum absolute atomic E-state index is 0.0163. The molecule has 4 heterocycles. The molecule has 13 heteroatoms. The normalized spacial score (nSPS) is 16.5. The number of fused-ring (bicyclic) bond motifs is 1. The second kappa shape index (κ2) is 9.78. The zero-order valence-corrected chi connectivity index (χ0v) is 20.9. The van der Waals surface area contributed by atoms with Crippen LogP contribution in [-0.4, -0.2) is 64.2 Å². The number of nitriles is 1. The average Bonchev–Trinajstić information content (AvgIpc) is 3.33. The molecule has 0 radical (unpaired) electrons. The Bertz CT molecular complexity index is 1620. The minimum atomic E-state index is -3.91. The number of piperazine rings is 1. The molecule has 5 rings (SSSR count). The number of carbonyl (C=O) groups excluding carboxylic acids is 1. The Morgan fingerprint density at radius 3 is 2.59 bits per heavy atom. The number of amides is 1. The molecule has 1 saturated heterocycles. The van der Waals surface area contributed by atoms with Crippen LogP contribution in [0.25, 0.3) is 22.0 Å². The zero-order valence-electron chi connectivity index (χ0n) is 19.3. The zero-order chi connectivity index (χ0) is 26.2. The van der Waals surface area contributed by atoms with Crippen LogP contribution in [0.3, 0.4) is 0 Å². The first-order chi connectivity index (χ1) is 17.8. The Kier molecular flexibility index (Phi) is 6.51. The highest BCUT2D eigenvalue weighted by Crippen LogP contribution is 2.27. The molecule has 0 bridgehead atoms. The topological polar surface area (TPSA) is 150 Å². The lowest BCUT2D eigenvalue weighted by molar-refractivity contribution is -0.605. The lowest BCUT2D eigenvalue weighted by Crippen LogP contribution is -2.56. The number of halogens is 1. The van der Waals surface area contributed by atoms with Gasteiger partial charge >= 0.3 is 0 Å². The van der Waals surface area contributed by atoms with Crippen molar-refractivity contribution in [3.05, 3.63) is 77.2 Å². The van der Waals surface area contributed by atoms with E-state index in [0.29, 0.717) is 31.8 Å². The Balaban J connectivity index is 1.35. The molecule has 1 amide bonds. The summed E-state index contributed by atoms with van der Waals surface area (Å²) in [6, 6.07) is 11.1. The summed E-state index contributed by atoms with van der Waals surface area (Å²) >= 11 is 6.02. The van der Waals surface area contributed by atoms with Crippen LogP contribution in [0.1, 0.15) is 17.0 Å². The summed E-state index contributed by atoms with van der Waals surface area (Å²) in [5.41, 5.74) is 1.97. The van der Waals surface area contributed by atoms with E-state index in [2.05, 4.69) is 15.0 Å². The predicted molar refractivity (Wildman–Crippen MR) is 134 cm³/mol. The summed E-state index contributed by atoms with van der Waals surface area (Å²) < 4.78 is 28.7. The van der Waals surface area contributed by atoms with Gasteiger partial charge in [0.25, 0.3) is 15.9 Å². The van der Waals surface area contributed by atoms with Crippen molar-refractivity contribution in [3.8, 4) is 17.2 Å². The largest absolute Gasteiger partial charge is 0.619 e. The molecule has 11 nitrogen and oxygen atoms in total. The number of H-pyrrole nitrogens is 1. The van der Waals surface area contributed by atoms with Crippen molar-refractivity contribution in [2.45, 2.75) is 17.5 Å². The van der Waals surface area contributed by atoms with Gasteiger partial charge in [-0.25, -0.2) is 18.4 Å². The molecule has 4 aromatic rings. The van der Waals surface area contributed by atoms with Gasteiger partial charge in [-0.15, -0.1) is 0 Å². The van der Waals surface area contributed by atoms with Crippen molar-refractivity contribution in [3.63, 3.8) is 0 Å². The molecule has 1 fully saturated rings. The van der Waals surface area contributed by atoms with Crippen molar-refractivity contribution in [2.24, 2.45) is 0 Å². The van der Waals surface area contributed by atoms with Crippen molar-refractivity contribution < 1.29 is 17.9 Å². The van der Waals surface area contributed by atoms with Crippen LogP contribution in [0, 0.1) is 16.5 Å². The number of benzene rings is 1. The van der Waals surface area contributed by atoms with Crippen LogP contribution in [0.2, 0.25) is 5.02 Å². The maximum atomic E-state index is 13.4. The number of aromatic amines is 1. The summed E-state index contributed by atoms with van der Waals surface area (Å²) in [5.74, 6) is -0.556. The van der Waals surface area contributed by atoms with E-state index in [1.165, 1.54) is 40.1 Å². The van der Waals surface area contributed by atoms with Gasteiger partial charge in [-0.2, -0.15) is 14.3 Å². The van der Waals surface area contributed by atoms with Crippen molar-refractivity contribution in [2.75, 3.05) is 19.6 Å². The van der Waals surface area contributed by atoms with Gasteiger partial charge in [0.2, 0.25) is 5.82 Å². The maximum absolute atomic E-state index is 13.4. The van der Waals surface area contributed by atoms with E-state index in [1.54, 1.807) is 30.3 Å². The van der Waals surface area contributed by atoms with Crippen molar-refractivity contribution >= 4 is 38.4 Å². The first kappa shape index (κ1) is 24.6. The van der Waals surface area contributed by atoms with Gasteiger partial charge in [0.1, 0.15) is 5.03 Å². The van der Waals surface area contributed by atoms with E-state index in [1.807, 2.05) is 6.07 Å². The van der Waals surface area contributed by atoms with Gasteiger partial charge in [0.05, 0.1) is 18.5 Å². The van der Waals surface area contributed by atoms with E-state index in [-0.39, 0.29) is 36.9 Å². The van der Waals surface area contributed by atoms with Gasteiger partial charge < -0.3 is 15.1 Å². The quantitative estimate of drug-likeness (QED) is 0.303. The molecular weight excluding hydrogens is 518 g/mol. The summed E-state index contributed by atoms with van der Waals surface area (Å²) in [6.07, 6.45) is 5.59. The number of hydrogen-bond acceptors (Lipinski definition) is 7. The third kappa shape index (κ3) is 4.84. The summed E-state index contributed by atoms with van der Waals surface area (Å²) in [5, 5.41) is 21.8. The maximum Gasteiger partial charge on any atom is 0.292 e. The third-order valence-corrected chi connectivity index (χ3v) is 8.21. The number of carbonyl (C=O) groups is 1. The molecule has 1 aliphatic heterocycles. The summed E-state index contributed by atoms with van der Waals surface area (Å²) in [7, 11) is -3.91. The van der Waals surface area contributed by atoms with Crippen molar-refractivity contribution in [1.82, 2.24) is 24.2 Å². The Hall–Kier alpha value is -4.05. The van der Waals surface area contributed by atoms with Crippen LogP contribution in [-0.2, 0) is 10.0 Å². The minimum Gasteiger partial charge on any atom is -0.619 e. The van der Waals surface area contributed by atoms with E-state index in [4.69, 9.17) is 11.6 Å². The number of aromatic nitrogens is 4. The Labute approximate surface area is 217 Å². The number of pyridine rings is 1. The first-order valence-corrected chi connectivity index (χ1v) is 13.1. The van der Waals surface area contributed by atoms with Crippen LogP contribution in [0.15, 0.2) is 66.2 Å². The monoisotopic (exact) mass is 537 g/mol. The van der Waals surface area contributed by atoms with Gasteiger partial charge in [0.15, 0.2) is 12.4 Å². The van der Waals surface area contributed by atoms with E-state index in [0.717, 1.165) is 0 Å². The van der Waals surface area contributed by atoms with Gasteiger partial charge in [-0.05, 0) is 29.8 Å². The third-order valence-electron chi connectivity index (χ3n) is 6.19. The molecule has 1 aromatic carbocycles. The SMILES string of the molecule is N#CCC1CN(S(=O)(=O)c2cc3cc(Cl)ccc3[nH]2)CCN1C(=O)c1ncc(-c2cc[n+]([O-])cc2)cn1. The fourth-order valence-electron chi connectivity index (χ4n) is 4.27. The van der Waals surface area contributed by atoms with Gasteiger partial charge in [-0.3, -0.25) is 4.79 Å². The number of sulfonamides is 1. The van der Waals surface area contributed by atoms with Crippen LogP contribution in [0.4, 0.5) is 0 Å². The fraction of sp³-hybridized carbons (Fsp3) is 0.208. The Morgan fingerprint density at radius 2 is 1.89 bits per heavy atom. The molecule has 0 aliphatic carbocycles. The highest BCUT2D eigenvalue weighted by Gasteiger charge is 2.38. The number of nitrogens with one attached hydrogen (secondary N) is 1. The smallest absolute Gasteiger partial charge is 0.292 e. The van der Waals surface area contributed by atoms with E-state index < -0.39 is 22.0 Å². The lowest BCUT2D eigenvalue weighted by atomic mass is 10.1. The molecule has 0 spiro atoms. The Morgan fingerprint density at radius 1 is 1.16 bits per heavy atom. The van der Waals surface area contributed by atoms with E-state index in [9.17, 15) is 23.7 Å². The predicted octanol–water partition coefficient (Wildman–Crippen LogP) is 2.34. The molecule has 1 N–H and O–H groups in total. The molecular formula is C24H20ClN7O4S. The van der Waals surface area contributed by atoms with Crippen LogP contribution < -0.4 is 4.73 Å². The molecule has 3 aromatic heterocycles. The number of hydrogen-bond donors (Lipinski definition) is 1. The molecule has 1 unspecified atom stereocenters. The number of nitrogens with zero attached hydrogens (tertiary/aromatic N) is 6. The average molecular weight is 538 g/mol. The van der Waals surface area contributed by atoms with Gasteiger partial charge in [0, 0.05) is 65.6 Å². The van der Waals surface area contributed by atoms with Crippen LogP contribution in [0.5, 0.6) is 0 Å². The van der Waals surface area contributed by atoms with Crippen LogP contribution >= 0.6 is 11.6 Å². The molecule has 37 heavy (non-hydrogen) atoms. The summed E-state index contributed by atoms with van der Waals surface area (Å²) in [6.45, 7) is 0.0717. The molecule has 188 valence electrons. The van der Waals surface area contributed by atoms with Gasteiger partial charge in [-0.1, -0.05) is 11.6 Å². The fourth-order valence-corrected chi connectivity index (χ4v) is 5.93. The molecule has 1 aliphatic rings. The lowest BCUT2D eigenvalue weighted by Gasteiger charge is -2.39. The highest BCUT2D eigenvalue weighted by molar-refractivity contribution is 7.89. The molecule has 1 atom stereocenters. The second-order valence-corrected chi connectivity index (χ2v) is 10.8. The number of rotatable bonds is 5. The first-order valence-electron chi connectivity index (χ1n) is 11.2. The second-order valence-electron chi connectivity index (χ2n) is 8.48. The highest BCUT2D eigenvalue weighted by atomic mass is 35.5.